The van der Waals surface area contributed by atoms with Gasteiger partial charge in [-0.15, -0.1) is 0 Å². The lowest BCUT2D eigenvalue weighted by Gasteiger charge is -2.08. The summed E-state index contributed by atoms with van der Waals surface area (Å²) < 4.78 is 70.1. The Hall–Kier alpha value is -1.32. The third-order valence-corrected chi connectivity index (χ3v) is 5.01. The number of hydrogen-bond acceptors (Lipinski definition) is 10. The van der Waals surface area contributed by atoms with Crippen LogP contribution in [0, 0.1) is 6.92 Å². The molecule has 3 rings (SSSR count). The predicted molar refractivity (Wildman–Crippen MR) is 124 cm³/mol. The normalized spacial score (nSPS) is 15.5. The minimum atomic E-state index is -4.16. The van der Waals surface area contributed by atoms with Crippen molar-refractivity contribution in [2.75, 3.05) is 47.8 Å². The fourth-order valence-electron chi connectivity index (χ4n) is 2.12. The van der Waals surface area contributed by atoms with Crippen LogP contribution in [0.25, 0.3) is 0 Å². The van der Waals surface area contributed by atoms with E-state index in [0.29, 0.717) is 0 Å². The molecule has 0 saturated carbocycles. The van der Waals surface area contributed by atoms with E-state index < -0.39 is 20.8 Å². The molecule has 2 fully saturated rings. The summed E-state index contributed by atoms with van der Waals surface area (Å²) in [6.07, 6.45) is 7.86. The van der Waals surface area contributed by atoms with Crippen LogP contribution in [0.2, 0.25) is 0 Å². The molecule has 0 atom stereocenters. The van der Waals surface area contributed by atoms with Crippen molar-refractivity contribution in [3.8, 4) is 5.75 Å². The first-order valence-corrected chi connectivity index (χ1v) is 13.0. The van der Waals surface area contributed by atoms with Gasteiger partial charge in [0.15, 0.2) is 0 Å². The van der Waals surface area contributed by atoms with Gasteiger partial charge in [0, 0.05) is 33.5 Å². The lowest BCUT2D eigenvalue weighted by molar-refractivity contribution is 0.0967. The summed E-state index contributed by atoms with van der Waals surface area (Å²) in [5.41, 5.74) is 1.03. The first-order valence-electron chi connectivity index (χ1n) is 10.3. The lowest BCUT2D eigenvalue weighted by Crippen LogP contribution is -2.10. The molecule has 2 saturated heterocycles. The van der Waals surface area contributed by atoms with E-state index >= 15 is 0 Å². The molecule has 1 aromatic rings. The van der Waals surface area contributed by atoms with Crippen LogP contribution in [0.1, 0.15) is 44.1 Å². The first kappa shape index (κ1) is 33.9. The van der Waals surface area contributed by atoms with Gasteiger partial charge in [0.1, 0.15) is 5.75 Å². The number of aliphatic hydroxyl groups excluding tert-OH is 1. The van der Waals surface area contributed by atoms with Gasteiger partial charge in [-0.25, -0.2) is 4.18 Å². The third-order valence-electron chi connectivity index (χ3n) is 3.79. The largest absolute Gasteiger partial charge is 0.448 e. The minimum absolute atomic E-state index is 0.243. The smallest absolute Gasteiger partial charge is 0.400 e. The molecule has 11 nitrogen and oxygen atoms in total. The number of rotatable bonds is 4. The summed E-state index contributed by atoms with van der Waals surface area (Å²) in [4.78, 5) is 0. The van der Waals surface area contributed by atoms with Crippen LogP contribution in [-0.2, 0) is 38.6 Å². The zero-order valence-corrected chi connectivity index (χ0v) is 21.4. The van der Waals surface area contributed by atoms with Crippen molar-refractivity contribution in [2.24, 2.45) is 0 Å². The highest BCUT2D eigenvalue weighted by Gasteiger charge is 2.09. The molecule has 196 valence electrons. The Morgan fingerprint density at radius 3 is 1.30 bits per heavy atom. The molecule has 2 aliphatic rings. The van der Waals surface area contributed by atoms with Crippen LogP contribution in [0.4, 0.5) is 0 Å². The molecule has 0 bridgehead atoms. The van der Waals surface area contributed by atoms with Crippen LogP contribution < -0.4 is 4.18 Å². The van der Waals surface area contributed by atoms with Gasteiger partial charge in [0.05, 0.1) is 14.2 Å². The predicted octanol–water partition coefficient (Wildman–Crippen LogP) is 2.68. The van der Waals surface area contributed by atoms with E-state index in [1.165, 1.54) is 38.5 Å². The van der Waals surface area contributed by atoms with Gasteiger partial charge in [0.25, 0.3) is 0 Å². The highest BCUT2D eigenvalue weighted by molar-refractivity contribution is 7.82. The second-order valence-electron chi connectivity index (χ2n) is 6.41. The van der Waals surface area contributed by atoms with E-state index in [-0.39, 0.29) is 5.75 Å². The van der Waals surface area contributed by atoms with Crippen molar-refractivity contribution in [3.63, 3.8) is 0 Å². The number of hydrogen-bond donors (Lipinski definition) is 2. The number of ether oxygens (including phenoxy) is 2. The number of benzene rings is 1. The lowest BCUT2D eigenvalue weighted by atomic mass is 10.2. The van der Waals surface area contributed by atoms with Gasteiger partial charge >= 0.3 is 20.8 Å². The average molecular weight is 519 g/mol. The van der Waals surface area contributed by atoms with Crippen molar-refractivity contribution in [2.45, 2.75) is 45.4 Å². The van der Waals surface area contributed by atoms with E-state index in [1.54, 1.807) is 24.3 Å². The maximum absolute atomic E-state index is 10.8. The van der Waals surface area contributed by atoms with Gasteiger partial charge in [-0.1, -0.05) is 17.7 Å². The average Bonchev–Trinajstić information content (AvgIpc) is 2.85. The topological polar surface area (TPSA) is 155 Å². The molecule has 0 unspecified atom stereocenters. The molecular formula is C20H38O11S2. The van der Waals surface area contributed by atoms with Gasteiger partial charge in [-0.3, -0.25) is 8.74 Å². The molecule has 2 aliphatic heterocycles. The molecule has 0 aliphatic carbocycles. The number of aryl methyl sites for hydroxylation is 1. The molecule has 0 spiro atoms. The summed E-state index contributed by atoms with van der Waals surface area (Å²) in [5.74, 6) is 0.243. The summed E-state index contributed by atoms with van der Waals surface area (Å²) in [7, 11) is -5.13. The van der Waals surface area contributed by atoms with Crippen LogP contribution in [0.15, 0.2) is 24.3 Å². The van der Waals surface area contributed by atoms with E-state index in [1.807, 2.05) is 6.92 Å². The monoisotopic (exact) mass is 518 g/mol. The Kier molecular flexibility index (Phi) is 21.8. The highest BCUT2D eigenvalue weighted by atomic mass is 32.3. The minimum Gasteiger partial charge on any atom is -0.400 e. The Labute approximate surface area is 198 Å². The van der Waals surface area contributed by atoms with E-state index in [4.69, 9.17) is 19.1 Å². The second-order valence-corrected chi connectivity index (χ2v) is 8.92. The molecule has 0 radical (unpaired) electrons. The van der Waals surface area contributed by atoms with Crippen LogP contribution in [0.3, 0.4) is 0 Å². The molecular weight excluding hydrogens is 480 g/mol. The third kappa shape index (κ3) is 25.1. The molecule has 0 amide bonds. The number of aliphatic hydroxyl groups is 1. The maximum atomic E-state index is 10.8. The Balaban J connectivity index is 0. The Bertz CT molecular complexity index is 721. The fourth-order valence-corrected chi connectivity index (χ4v) is 2.53. The van der Waals surface area contributed by atoms with Crippen molar-refractivity contribution in [1.82, 2.24) is 0 Å². The first-order chi connectivity index (χ1) is 15.6. The van der Waals surface area contributed by atoms with Gasteiger partial charge in [-0.2, -0.15) is 16.8 Å². The van der Waals surface area contributed by atoms with Crippen LogP contribution in [-0.4, -0.2) is 74.3 Å². The summed E-state index contributed by atoms with van der Waals surface area (Å²) in [6, 6.07) is 6.62. The molecule has 0 aromatic heterocycles. The SMILES string of the molecule is C1CCOCC1.C1CCOCC1.CO.COS(=O)(=O)O.COS(=O)(=O)Oc1ccc(C)cc1. The Morgan fingerprint density at radius 1 is 0.727 bits per heavy atom. The van der Waals surface area contributed by atoms with Crippen molar-refractivity contribution in [1.29, 1.82) is 0 Å². The Morgan fingerprint density at radius 2 is 1.09 bits per heavy atom. The molecule has 2 N–H and O–H groups in total. The van der Waals surface area contributed by atoms with Gasteiger partial charge in [-0.05, 0) is 57.6 Å². The zero-order valence-electron chi connectivity index (χ0n) is 19.8. The van der Waals surface area contributed by atoms with Crippen LogP contribution in [0.5, 0.6) is 5.75 Å². The summed E-state index contributed by atoms with van der Waals surface area (Å²) in [6.45, 7) is 5.90. The van der Waals surface area contributed by atoms with E-state index in [9.17, 15) is 16.8 Å². The molecule has 33 heavy (non-hydrogen) atoms. The maximum Gasteiger partial charge on any atom is 0.448 e. The molecule has 2 heterocycles. The van der Waals surface area contributed by atoms with Crippen molar-refractivity contribution in [3.05, 3.63) is 29.8 Å². The summed E-state index contributed by atoms with van der Waals surface area (Å²) >= 11 is 0. The van der Waals surface area contributed by atoms with Crippen molar-refractivity contribution >= 4 is 20.8 Å². The van der Waals surface area contributed by atoms with E-state index in [2.05, 4.69) is 12.5 Å². The van der Waals surface area contributed by atoms with E-state index in [0.717, 1.165) is 53.3 Å². The zero-order chi connectivity index (χ0) is 25.6. The molecule has 13 heteroatoms. The molecule has 1 aromatic carbocycles. The quantitative estimate of drug-likeness (QED) is 0.565. The summed E-state index contributed by atoms with van der Waals surface area (Å²) in [5, 5.41) is 7.00. The van der Waals surface area contributed by atoms with Gasteiger partial charge in [0.2, 0.25) is 0 Å². The van der Waals surface area contributed by atoms with Crippen LogP contribution >= 0.6 is 0 Å². The highest BCUT2D eigenvalue weighted by Crippen LogP contribution is 2.13. The van der Waals surface area contributed by atoms with Crippen molar-refractivity contribution < 1.29 is 48.5 Å². The van der Waals surface area contributed by atoms with Gasteiger partial charge < -0.3 is 18.8 Å². The second kappa shape index (κ2) is 21.2. The fraction of sp³-hybridized carbons (Fsp3) is 0.700. The standard InChI is InChI=1S/C8H10O4S.2C5H10O.CH4O4S.CH4O/c1-7-3-5-8(6-4-7)12-13(9,10)11-2;2*1-2-4-6-5-3-1;1-5-6(2,3)4;1-2/h3-6H,1-2H3;2*1-5H2;1H3,(H,2,3,4);2H,1H3.